The summed E-state index contributed by atoms with van der Waals surface area (Å²) in [4.78, 5) is 66.3. The standard InChI is InChI=1S/C38H65N5O6/c1-11-26(10)35(38(49)39-28(12-2)13-3)42-33(46)22-31(44)29(21-27-17-15-14-16-18-27)41-37(48)34(25(8)9)43-36(47)30(19-23(4)5)40-32(45)20-24(6)7/h14-18,23-26,28-31,34-35,44H,11-13,19-22H2,1-10H3,(H,39,49)(H,40,45)(H,41,48)(H,42,46)(H,43,47)/t26-,29-,30-,31-,34-,35-/m0/s1. The normalized spacial score (nSPS) is 15.2. The Bertz CT molecular complexity index is 1170. The third-order valence-electron chi connectivity index (χ3n) is 8.83. The number of hydrogen-bond acceptors (Lipinski definition) is 6. The van der Waals surface area contributed by atoms with Gasteiger partial charge in [-0.25, -0.2) is 0 Å². The highest BCUT2D eigenvalue weighted by Crippen LogP contribution is 2.14. The van der Waals surface area contributed by atoms with E-state index in [2.05, 4.69) is 26.6 Å². The fourth-order valence-corrected chi connectivity index (χ4v) is 5.59. The molecule has 5 amide bonds. The van der Waals surface area contributed by atoms with Crippen LogP contribution in [0.1, 0.15) is 113 Å². The summed E-state index contributed by atoms with van der Waals surface area (Å²) in [5, 5.41) is 25.8. The molecule has 1 rings (SSSR count). The summed E-state index contributed by atoms with van der Waals surface area (Å²) in [5.74, 6) is -2.18. The summed E-state index contributed by atoms with van der Waals surface area (Å²) in [6.07, 6.45) is 1.47. The van der Waals surface area contributed by atoms with Crippen LogP contribution in [0, 0.1) is 23.7 Å². The van der Waals surface area contributed by atoms with Crippen molar-refractivity contribution in [3.63, 3.8) is 0 Å². The first-order valence-electron chi connectivity index (χ1n) is 18.2. The molecule has 11 nitrogen and oxygen atoms in total. The minimum atomic E-state index is -1.30. The van der Waals surface area contributed by atoms with Crippen molar-refractivity contribution in [2.75, 3.05) is 0 Å². The lowest BCUT2D eigenvalue weighted by atomic mass is 9.95. The average molecular weight is 688 g/mol. The summed E-state index contributed by atoms with van der Waals surface area (Å²) < 4.78 is 0. The molecule has 1 aromatic rings. The second-order valence-electron chi connectivity index (χ2n) is 14.6. The molecule has 0 saturated carbocycles. The zero-order valence-corrected chi connectivity index (χ0v) is 31.6. The van der Waals surface area contributed by atoms with Gasteiger partial charge < -0.3 is 31.7 Å². The first kappa shape index (κ1) is 43.6. The third-order valence-corrected chi connectivity index (χ3v) is 8.83. The zero-order chi connectivity index (χ0) is 37.3. The fourth-order valence-electron chi connectivity index (χ4n) is 5.59. The van der Waals surface area contributed by atoms with Crippen LogP contribution in [0.5, 0.6) is 0 Å². The number of aliphatic hydroxyl groups is 1. The van der Waals surface area contributed by atoms with Gasteiger partial charge >= 0.3 is 0 Å². The van der Waals surface area contributed by atoms with Crippen molar-refractivity contribution >= 4 is 29.5 Å². The van der Waals surface area contributed by atoms with Crippen LogP contribution in [0.2, 0.25) is 0 Å². The van der Waals surface area contributed by atoms with Crippen LogP contribution < -0.4 is 26.6 Å². The van der Waals surface area contributed by atoms with E-state index in [-0.39, 0.29) is 60.8 Å². The molecule has 0 unspecified atom stereocenters. The number of hydrogen-bond donors (Lipinski definition) is 6. The van der Waals surface area contributed by atoms with Gasteiger partial charge in [0.15, 0.2) is 0 Å². The molecule has 0 radical (unpaired) electrons. The van der Waals surface area contributed by atoms with Gasteiger partial charge in [0.25, 0.3) is 0 Å². The predicted molar refractivity (Wildman–Crippen MR) is 194 cm³/mol. The Labute approximate surface area is 294 Å². The van der Waals surface area contributed by atoms with E-state index in [9.17, 15) is 29.1 Å². The van der Waals surface area contributed by atoms with Crippen molar-refractivity contribution in [1.82, 2.24) is 26.6 Å². The van der Waals surface area contributed by atoms with E-state index >= 15 is 0 Å². The molecule has 49 heavy (non-hydrogen) atoms. The lowest BCUT2D eigenvalue weighted by Crippen LogP contribution is -2.58. The Kier molecular flexibility index (Phi) is 19.8. The number of nitrogens with one attached hydrogen (secondary N) is 5. The molecule has 0 aliphatic carbocycles. The van der Waals surface area contributed by atoms with Gasteiger partial charge in [0.1, 0.15) is 18.1 Å². The van der Waals surface area contributed by atoms with E-state index < -0.39 is 48.0 Å². The van der Waals surface area contributed by atoms with Crippen LogP contribution in [0.4, 0.5) is 0 Å². The molecule has 11 heteroatoms. The number of rotatable bonds is 22. The summed E-state index contributed by atoms with van der Waals surface area (Å²) in [6.45, 7) is 19.2. The van der Waals surface area contributed by atoms with Crippen LogP contribution in [0.25, 0.3) is 0 Å². The number of benzene rings is 1. The van der Waals surface area contributed by atoms with Crippen molar-refractivity contribution in [2.24, 2.45) is 23.7 Å². The highest BCUT2D eigenvalue weighted by Gasteiger charge is 2.33. The van der Waals surface area contributed by atoms with Crippen LogP contribution in [0.3, 0.4) is 0 Å². The van der Waals surface area contributed by atoms with Gasteiger partial charge in [-0.2, -0.15) is 0 Å². The van der Waals surface area contributed by atoms with Crippen molar-refractivity contribution in [1.29, 1.82) is 0 Å². The Hall–Kier alpha value is -3.47. The third kappa shape index (κ3) is 16.2. The highest BCUT2D eigenvalue weighted by atomic mass is 16.3. The Balaban J connectivity index is 3.20. The highest BCUT2D eigenvalue weighted by molar-refractivity contribution is 5.92. The summed E-state index contributed by atoms with van der Waals surface area (Å²) in [6, 6.07) is 5.87. The summed E-state index contributed by atoms with van der Waals surface area (Å²) >= 11 is 0. The summed E-state index contributed by atoms with van der Waals surface area (Å²) in [5.41, 5.74) is 0.837. The Morgan fingerprint density at radius 3 is 1.71 bits per heavy atom. The van der Waals surface area contributed by atoms with Crippen molar-refractivity contribution in [3.05, 3.63) is 35.9 Å². The molecule has 0 spiro atoms. The molecule has 6 atom stereocenters. The second kappa shape index (κ2) is 22.3. The molecule has 0 aliphatic rings. The molecule has 0 saturated heterocycles. The van der Waals surface area contributed by atoms with Gasteiger partial charge in [-0.05, 0) is 54.9 Å². The van der Waals surface area contributed by atoms with Gasteiger partial charge in [0.05, 0.1) is 18.6 Å². The Morgan fingerprint density at radius 1 is 0.633 bits per heavy atom. The molecule has 0 fully saturated rings. The second-order valence-corrected chi connectivity index (χ2v) is 14.6. The molecule has 0 heterocycles. The van der Waals surface area contributed by atoms with Crippen LogP contribution in [0.15, 0.2) is 30.3 Å². The molecule has 1 aromatic carbocycles. The van der Waals surface area contributed by atoms with E-state index in [1.165, 1.54) is 0 Å². The maximum atomic E-state index is 13.8. The molecule has 6 N–H and O–H groups in total. The maximum Gasteiger partial charge on any atom is 0.243 e. The first-order valence-corrected chi connectivity index (χ1v) is 18.2. The van der Waals surface area contributed by atoms with E-state index in [4.69, 9.17) is 0 Å². The Morgan fingerprint density at radius 2 is 1.20 bits per heavy atom. The lowest BCUT2D eigenvalue weighted by molar-refractivity contribution is -0.134. The van der Waals surface area contributed by atoms with Crippen LogP contribution >= 0.6 is 0 Å². The van der Waals surface area contributed by atoms with Crippen molar-refractivity contribution in [3.8, 4) is 0 Å². The van der Waals surface area contributed by atoms with Crippen LogP contribution in [-0.4, -0.2) is 71.0 Å². The van der Waals surface area contributed by atoms with Crippen molar-refractivity contribution in [2.45, 2.75) is 150 Å². The number of aliphatic hydroxyl groups excluding tert-OH is 1. The van der Waals surface area contributed by atoms with E-state index in [1.54, 1.807) is 13.8 Å². The number of carbonyl (C=O) groups is 5. The minimum Gasteiger partial charge on any atom is -0.390 e. The van der Waals surface area contributed by atoms with Gasteiger partial charge in [0, 0.05) is 12.5 Å². The number of carbonyl (C=O) groups excluding carboxylic acids is 5. The quantitative estimate of drug-likeness (QED) is 0.108. The smallest absolute Gasteiger partial charge is 0.243 e. The van der Waals surface area contributed by atoms with E-state index in [0.717, 1.165) is 18.4 Å². The van der Waals surface area contributed by atoms with Gasteiger partial charge in [0.2, 0.25) is 29.5 Å². The van der Waals surface area contributed by atoms with Crippen LogP contribution in [-0.2, 0) is 30.4 Å². The zero-order valence-electron chi connectivity index (χ0n) is 31.6. The molecular formula is C38H65N5O6. The number of amides is 5. The average Bonchev–Trinajstić information content (AvgIpc) is 3.03. The minimum absolute atomic E-state index is 0.00151. The van der Waals surface area contributed by atoms with E-state index in [1.807, 2.05) is 85.7 Å². The lowest BCUT2D eigenvalue weighted by Gasteiger charge is -2.30. The first-order chi connectivity index (χ1) is 23.0. The maximum absolute atomic E-state index is 13.8. The predicted octanol–water partition coefficient (Wildman–Crippen LogP) is 4.02. The van der Waals surface area contributed by atoms with Crippen molar-refractivity contribution < 1.29 is 29.1 Å². The van der Waals surface area contributed by atoms with Gasteiger partial charge in [-0.3, -0.25) is 24.0 Å². The largest absolute Gasteiger partial charge is 0.390 e. The topological polar surface area (TPSA) is 166 Å². The summed E-state index contributed by atoms with van der Waals surface area (Å²) in [7, 11) is 0. The van der Waals surface area contributed by atoms with Gasteiger partial charge in [-0.1, -0.05) is 106 Å². The molecule has 0 aliphatic heterocycles. The molecule has 0 bridgehead atoms. The molecule has 278 valence electrons. The fraction of sp³-hybridized carbons (Fsp3) is 0.711. The molecular weight excluding hydrogens is 622 g/mol. The van der Waals surface area contributed by atoms with Gasteiger partial charge in [-0.15, -0.1) is 0 Å². The SMILES string of the molecule is CCC(CC)NC(=O)[C@@H](NC(=O)C[C@H](O)[C@H](Cc1ccccc1)NC(=O)[C@@H](NC(=O)[C@H](CC(C)C)NC(=O)CC(C)C)C(C)C)[C@@H](C)CC. The van der Waals surface area contributed by atoms with E-state index in [0.29, 0.717) is 12.8 Å². The monoisotopic (exact) mass is 687 g/mol. The molecule has 0 aromatic heterocycles.